The smallest absolute Gasteiger partial charge is 0.246 e. The SMILES string of the molecule is CCc1oc2ccccc2c1/C=C/C(=O)N1CCN(c2ccccn2)CC1. The molecular formula is C22H23N3O2. The molecule has 0 spiro atoms. The Labute approximate surface area is 158 Å². The summed E-state index contributed by atoms with van der Waals surface area (Å²) in [4.78, 5) is 21.1. The number of pyridine rings is 1. The standard InChI is InChI=1S/C22H23N3O2/c1-2-19-18(17-7-3-4-8-20(17)27-19)10-11-22(26)25-15-13-24(14-16-25)21-9-5-6-12-23-21/h3-12H,2,13-16H2,1H3/b11-10+. The van der Waals surface area contributed by atoms with Gasteiger partial charge in [0.25, 0.3) is 0 Å². The van der Waals surface area contributed by atoms with Gasteiger partial charge in [-0.3, -0.25) is 4.79 Å². The topological polar surface area (TPSA) is 49.6 Å². The minimum absolute atomic E-state index is 0.0444. The molecule has 0 N–H and O–H groups in total. The molecule has 3 heterocycles. The Morgan fingerprint density at radius 1 is 1.11 bits per heavy atom. The van der Waals surface area contributed by atoms with Gasteiger partial charge in [0.1, 0.15) is 17.2 Å². The second-order valence-electron chi connectivity index (χ2n) is 6.62. The van der Waals surface area contributed by atoms with Crippen LogP contribution in [0.3, 0.4) is 0 Å². The summed E-state index contributed by atoms with van der Waals surface area (Å²) >= 11 is 0. The van der Waals surface area contributed by atoms with E-state index in [1.165, 1.54) is 0 Å². The van der Waals surface area contributed by atoms with E-state index in [4.69, 9.17) is 4.42 Å². The zero-order valence-electron chi connectivity index (χ0n) is 15.5. The third-order valence-corrected chi connectivity index (χ3v) is 4.99. The summed E-state index contributed by atoms with van der Waals surface area (Å²) in [6.45, 7) is 5.06. The predicted octanol–water partition coefficient (Wildman–Crippen LogP) is 3.75. The first-order valence-corrected chi connectivity index (χ1v) is 9.39. The lowest BCUT2D eigenvalue weighted by Crippen LogP contribution is -2.48. The Morgan fingerprint density at radius 2 is 1.89 bits per heavy atom. The van der Waals surface area contributed by atoms with Crippen LogP contribution in [0, 0.1) is 0 Å². The Kier molecular flexibility index (Phi) is 4.92. The van der Waals surface area contributed by atoms with Crippen LogP contribution in [-0.4, -0.2) is 42.0 Å². The molecule has 0 saturated carbocycles. The maximum Gasteiger partial charge on any atom is 0.246 e. The van der Waals surface area contributed by atoms with Gasteiger partial charge in [-0.25, -0.2) is 4.98 Å². The van der Waals surface area contributed by atoms with E-state index in [2.05, 4.69) is 16.8 Å². The van der Waals surface area contributed by atoms with Crippen LogP contribution in [0.5, 0.6) is 0 Å². The number of para-hydroxylation sites is 1. The number of nitrogens with zero attached hydrogens (tertiary/aromatic N) is 3. The number of carbonyl (C=O) groups is 1. The quantitative estimate of drug-likeness (QED) is 0.664. The molecule has 0 bridgehead atoms. The van der Waals surface area contributed by atoms with E-state index in [9.17, 15) is 4.79 Å². The second kappa shape index (κ2) is 7.66. The van der Waals surface area contributed by atoms with E-state index in [1.807, 2.05) is 53.4 Å². The number of hydrogen-bond acceptors (Lipinski definition) is 4. The molecule has 0 radical (unpaired) electrons. The Bertz CT molecular complexity index is 954. The van der Waals surface area contributed by atoms with Crippen molar-refractivity contribution in [2.24, 2.45) is 0 Å². The van der Waals surface area contributed by atoms with Crippen molar-refractivity contribution in [3.63, 3.8) is 0 Å². The first-order chi connectivity index (χ1) is 13.3. The van der Waals surface area contributed by atoms with Gasteiger partial charge in [-0.2, -0.15) is 0 Å². The number of anilines is 1. The zero-order chi connectivity index (χ0) is 18.6. The van der Waals surface area contributed by atoms with Gasteiger partial charge in [0.15, 0.2) is 0 Å². The van der Waals surface area contributed by atoms with Gasteiger partial charge >= 0.3 is 0 Å². The van der Waals surface area contributed by atoms with Gasteiger partial charge in [-0.05, 0) is 24.3 Å². The molecule has 0 atom stereocenters. The summed E-state index contributed by atoms with van der Waals surface area (Å²) in [6, 6.07) is 13.9. The first kappa shape index (κ1) is 17.3. The van der Waals surface area contributed by atoms with Crippen LogP contribution in [0.2, 0.25) is 0 Å². The van der Waals surface area contributed by atoms with Crippen molar-refractivity contribution in [1.29, 1.82) is 0 Å². The maximum atomic E-state index is 12.6. The number of rotatable bonds is 4. The van der Waals surface area contributed by atoms with E-state index in [-0.39, 0.29) is 5.91 Å². The van der Waals surface area contributed by atoms with E-state index >= 15 is 0 Å². The van der Waals surface area contributed by atoms with Gasteiger partial charge < -0.3 is 14.2 Å². The largest absolute Gasteiger partial charge is 0.460 e. The van der Waals surface area contributed by atoms with E-state index in [0.717, 1.165) is 47.6 Å². The Morgan fingerprint density at radius 3 is 2.63 bits per heavy atom. The average molecular weight is 361 g/mol. The molecule has 1 amide bonds. The number of fused-ring (bicyclic) bond motifs is 1. The third-order valence-electron chi connectivity index (χ3n) is 4.99. The van der Waals surface area contributed by atoms with Crippen molar-refractivity contribution in [2.75, 3.05) is 31.1 Å². The number of amides is 1. The molecule has 138 valence electrons. The summed E-state index contributed by atoms with van der Waals surface area (Å²) < 4.78 is 5.90. The minimum Gasteiger partial charge on any atom is -0.460 e. The molecule has 4 rings (SSSR count). The fourth-order valence-corrected chi connectivity index (χ4v) is 3.52. The molecule has 1 aliphatic heterocycles. The van der Waals surface area contributed by atoms with E-state index in [0.29, 0.717) is 13.1 Å². The monoisotopic (exact) mass is 361 g/mol. The van der Waals surface area contributed by atoms with Crippen molar-refractivity contribution in [3.05, 3.63) is 66.1 Å². The number of furan rings is 1. The van der Waals surface area contributed by atoms with Gasteiger partial charge in [0.2, 0.25) is 5.91 Å². The number of carbonyl (C=O) groups excluding carboxylic acids is 1. The van der Waals surface area contributed by atoms with Crippen LogP contribution in [0.1, 0.15) is 18.2 Å². The van der Waals surface area contributed by atoms with Crippen molar-refractivity contribution >= 4 is 28.8 Å². The lowest BCUT2D eigenvalue weighted by atomic mass is 10.1. The number of aryl methyl sites for hydroxylation is 1. The second-order valence-corrected chi connectivity index (χ2v) is 6.62. The molecule has 3 aromatic rings. The van der Waals surface area contributed by atoms with Gasteiger partial charge in [0.05, 0.1) is 0 Å². The molecule has 5 heteroatoms. The number of piperazine rings is 1. The van der Waals surface area contributed by atoms with Gasteiger partial charge in [0, 0.05) is 55.8 Å². The van der Waals surface area contributed by atoms with Crippen LogP contribution in [0.25, 0.3) is 17.0 Å². The molecule has 2 aromatic heterocycles. The predicted molar refractivity (Wildman–Crippen MR) is 108 cm³/mol. The fraction of sp³-hybridized carbons (Fsp3) is 0.273. The van der Waals surface area contributed by atoms with Crippen LogP contribution >= 0.6 is 0 Å². The highest BCUT2D eigenvalue weighted by molar-refractivity contribution is 5.96. The lowest BCUT2D eigenvalue weighted by molar-refractivity contribution is -0.126. The summed E-state index contributed by atoms with van der Waals surface area (Å²) in [5.41, 5.74) is 1.87. The molecule has 1 saturated heterocycles. The first-order valence-electron chi connectivity index (χ1n) is 9.39. The van der Waals surface area contributed by atoms with Crippen LogP contribution in [0.4, 0.5) is 5.82 Å². The molecule has 1 aromatic carbocycles. The Hall–Kier alpha value is -3.08. The number of hydrogen-bond donors (Lipinski definition) is 0. The summed E-state index contributed by atoms with van der Waals surface area (Å²) in [6.07, 6.45) is 6.17. The average Bonchev–Trinajstić information content (AvgIpc) is 3.10. The molecule has 0 aliphatic carbocycles. The van der Waals surface area contributed by atoms with E-state index in [1.54, 1.807) is 12.3 Å². The van der Waals surface area contributed by atoms with E-state index < -0.39 is 0 Å². The van der Waals surface area contributed by atoms with Crippen molar-refractivity contribution in [1.82, 2.24) is 9.88 Å². The van der Waals surface area contributed by atoms with Gasteiger partial charge in [-0.15, -0.1) is 0 Å². The fourth-order valence-electron chi connectivity index (χ4n) is 3.52. The highest BCUT2D eigenvalue weighted by Crippen LogP contribution is 2.27. The summed E-state index contributed by atoms with van der Waals surface area (Å²) in [7, 11) is 0. The van der Waals surface area contributed by atoms with Crippen molar-refractivity contribution in [3.8, 4) is 0 Å². The van der Waals surface area contributed by atoms with Crippen molar-refractivity contribution < 1.29 is 9.21 Å². The molecule has 5 nitrogen and oxygen atoms in total. The molecule has 1 fully saturated rings. The Balaban J connectivity index is 1.44. The highest BCUT2D eigenvalue weighted by Gasteiger charge is 2.20. The normalized spacial score (nSPS) is 15.0. The lowest BCUT2D eigenvalue weighted by Gasteiger charge is -2.34. The minimum atomic E-state index is 0.0444. The van der Waals surface area contributed by atoms with Crippen molar-refractivity contribution in [2.45, 2.75) is 13.3 Å². The summed E-state index contributed by atoms with van der Waals surface area (Å²) in [5, 5.41) is 1.05. The van der Waals surface area contributed by atoms with Crippen LogP contribution in [-0.2, 0) is 11.2 Å². The van der Waals surface area contributed by atoms with Crippen LogP contribution < -0.4 is 4.90 Å². The number of benzene rings is 1. The number of aromatic nitrogens is 1. The highest BCUT2D eigenvalue weighted by atomic mass is 16.3. The van der Waals surface area contributed by atoms with Gasteiger partial charge in [-0.1, -0.05) is 31.2 Å². The molecule has 0 unspecified atom stereocenters. The zero-order valence-corrected chi connectivity index (χ0v) is 15.5. The third kappa shape index (κ3) is 3.58. The maximum absolute atomic E-state index is 12.6. The molecule has 1 aliphatic rings. The van der Waals surface area contributed by atoms with Crippen LogP contribution in [0.15, 0.2) is 59.2 Å². The molecular weight excluding hydrogens is 338 g/mol. The molecule has 27 heavy (non-hydrogen) atoms. The summed E-state index contributed by atoms with van der Waals surface area (Å²) in [5.74, 6) is 1.93.